The number of hydrogen-bond donors (Lipinski definition) is 2. The molecular formula is C21H24N2O4. The molecule has 2 aromatic carbocycles. The summed E-state index contributed by atoms with van der Waals surface area (Å²) in [7, 11) is 0. The zero-order chi connectivity index (χ0) is 19.8. The predicted octanol–water partition coefficient (Wildman–Crippen LogP) is 3.32. The number of carbonyl (C=O) groups excluding carboxylic acids is 3. The summed E-state index contributed by atoms with van der Waals surface area (Å²) in [5, 5.41) is 5.42. The fourth-order valence-corrected chi connectivity index (χ4v) is 2.50. The summed E-state index contributed by atoms with van der Waals surface area (Å²) < 4.78 is 4.97. The molecule has 2 N–H and O–H groups in total. The smallest absolute Gasteiger partial charge is 0.328 e. The highest BCUT2D eigenvalue weighted by Crippen LogP contribution is 2.17. The molecule has 0 radical (unpaired) electrons. The first-order valence-corrected chi connectivity index (χ1v) is 8.90. The molecule has 0 aliphatic heterocycles. The number of nitrogens with one attached hydrogen (secondary N) is 2. The van der Waals surface area contributed by atoms with Gasteiger partial charge in [0.05, 0.1) is 17.9 Å². The van der Waals surface area contributed by atoms with E-state index in [-0.39, 0.29) is 18.1 Å². The van der Waals surface area contributed by atoms with Crippen molar-refractivity contribution in [2.75, 3.05) is 11.9 Å². The lowest BCUT2D eigenvalue weighted by Crippen LogP contribution is -2.41. The summed E-state index contributed by atoms with van der Waals surface area (Å²) in [5.74, 6) is -1.24. The van der Waals surface area contributed by atoms with Crippen LogP contribution < -0.4 is 10.6 Å². The van der Waals surface area contributed by atoms with Crippen LogP contribution in [0.15, 0.2) is 48.5 Å². The number of amides is 2. The summed E-state index contributed by atoms with van der Waals surface area (Å²) in [4.78, 5) is 37.0. The van der Waals surface area contributed by atoms with E-state index in [0.29, 0.717) is 17.7 Å². The molecule has 0 saturated carbocycles. The van der Waals surface area contributed by atoms with E-state index < -0.39 is 17.9 Å². The third-order valence-electron chi connectivity index (χ3n) is 4.02. The number of esters is 1. The highest BCUT2D eigenvalue weighted by molar-refractivity contribution is 6.09. The minimum atomic E-state index is -0.738. The second-order valence-electron chi connectivity index (χ2n) is 6.05. The van der Waals surface area contributed by atoms with Crippen molar-refractivity contribution in [2.45, 2.75) is 33.2 Å². The maximum Gasteiger partial charge on any atom is 0.328 e. The Hall–Kier alpha value is -3.15. The van der Waals surface area contributed by atoms with Crippen LogP contribution in [0.3, 0.4) is 0 Å². The van der Waals surface area contributed by atoms with E-state index in [4.69, 9.17) is 4.74 Å². The van der Waals surface area contributed by atoms with Crippen LogP contribution in [0, 0.1) is 6.92 Å². The average Bonchev–Trinajstić information content (AvgIpc) is 2.67. The van der Waals surface area contributed by atoms with Crippen molar-refractivity contribution in [2.24, 2.45) is 0 Å². The second kappa shape index (κ2) is 9.52. The van der Waals surface area contributed by atoms with Gasteiger partial charge in [0, 0.05) is 5.56 Å². The SMILES string of the molecule is CCOC(=O)[C@H](CC)NC(=O)c1ccccc1NC(=O)c1ccc(C)cc1. The van der Waals surface area contributed by atoms with Crippen molar-refractivity contribution < 1.29 is 19.1 Å². The topological polar surface area (TPSA) is 84.5 Å². The molecule has 142 valence electrons. The summed E-state index contributed by atoms with van der Waals surface area (Å²) in [6.07, 6.45) is 0.405. The molecular weight excluding hydrogens is 344 g/mol. The Morgan fingerprint density at radius 1 is 0.963 bits per heavy atom. The van der Waals surface area contributed by atoms with Crippen molar-refractivity contribution in [1.29, 1.82) is 0 Å². The molecule has 6 heteroatoms. The van der Waals surface area contributed by atoms with Gasteiger partial charge in [0.2, 0.25) is 0 Å². The monoisotopic (exact) mass is 368 g/mol. The number of carbonyl (C=O) groups is 3. The number of benzene rings is 2. The molecule has 2 rings (SSSR count). The van der Waals surface area contributed by atoms with Crippen molar-refractivity contribution in [3.05, 3.63) is 65.2 Å². The number of rotatable bonds is 7. The summed E-state index contributed by atoms with van der Waals surface area (Å²) in [6, 6.07) is 13.1. The third kappa shape index (κ3) is 5.41. The van der Waals surface area contributed by atoms with Crippen LogP contribution >= 0.6 is 0 Å². The average molecular weight is 368 g/mol. The van der Waals surface area contributed by atoms with E-state index in [1.54, 1.807) is 50.2 Å². The Morgan fingerprint density at radius 2 is 1.63 bits per heavy atom. The van der Waals surface area contributed by atoms with E-state index in [2.05, 4.69) is 10.6 Å². The van der Waals surface area contributed by atoms with E-state index in [0.717, 1.165) is 5.56 Å². The lowest BCUT2D eigenvalue weighted by molar-refractivity contribution is -0.145. The largest absolute Gasteiger partial charge is 0.464 e. The molecule has 6 nitrogen and oxygen atoms in total. The molecule has 2 aromatic rings. The van der Waals surface area contributed by atoms with Crippen LogP contribution in [0.5, 0.6) is 0 Å². The van der Waals surface area contributed by atoms with Gasteiger partial charge in [0.1, 0.15) is 6.04 Å². The Bertz CT molecular complexity index is 815. The lowest BCUT2D eigenvalue weighted by atomic mass is 10.1. The Morgan fingerprint density at radius 3 is 2.26 bits per heavy atom. The Labute approximate surface area is 158 Å². The molecule has 0 aliphatic carbocycles. The minimum Gasteiger partial charge on any atom is -0.464 e. The standard InChI is InChI=1S/C21H24N2O4/c1-4-17(21(26)27-5-2)22-20(25)16-8-6-7-9-18(16)23-19(24)15-12-10-14(3)11-13-15/h6-13,17H,4-5H2,1-3H3,(H,22,25)(H,23,24)/t17-/m0/s1. The fraction of sp³-hybridized carbons (Fsp3) is 0.286. The molecule has 2 amide bonds. The van der Waals surface area contributed by atoms with Crippen molar-refractivity contribution >= 4 is 23.5 Å². The quantitative estimate of drug-likeness (QED) is 0.734. The first kappa shape index (κ1) is 20.2. The molecule has 0 unspecified atom stereocenters. The van der Waals surface area contributed by atoms with Gasteiger partial charge in [-0.15, -0.1) is 0 Å². The number of anilines is 1. The first-order valence-electron chi connectivity index (χ1n) is 8.90. The van der Waals surface area contributed by atoms with Crippen LogP contribution in [-0.2, 0) is 9.53 Å². The lowest BCUT2D eigenvalue weighted by Gasteiger charge is -2.17. The van der Waals surface area contributed by atoms with Crippen LogP contribution in [-0.4, -0.2) is 30.4 Å². The van der Waals surface area contributed by atoms with E-state index in [1.807, 2.05) is 19.1 Å². The van der Waals surface area contributed by atoms with Gasteiger partial charge in [0.15, 0.2) is 0 Å². The van der Waals surface area contributed by atoms with Gasteiger partial charge in [0.25, 0.3) is 11.8 Å². The zero-order valence-corrected chi connectivity index (χ0v) is 15.7. The van der Waals surface area contributed by atoms with Gasteiger partial charge in [-0.2, -0.15) is 0 Å². The fourth-order valence-electron chi connectivity index (χ4n) is 2.50. The minimum absolute atomic E-state index is 0.244. The second-order valence-corrected chi connectivity index (χ2v) is 6.05. The summed E-state index contributed by atoms with van der Waals surface area (Å²) in [6.45, 7) is 5.68. The van der Waals surface area contributed by atoms with Gasteiger partial charge < -0.3 is 15.4 Å². The highest BCUT2D eigenvalue weighted by atomic mass is 16.5. The molecule has 0 saturated heterocycles. The highest BCUT2D eigenvalue weighted by Gasteiger charge is 2.22. The Kier molecular flexibility index (Phi) is 7.11. The predicted molar refractivity (Wildman–Crippen MR) is 104 cm³/mol. The van der Waals surface area contributed by atoms with Crippen LogP contribution in [0.1, 0.15) is 46.5 Å². The number of para-hydroxylation sites is 1. The number of aryl methyl sites for hydroxylation is 1. The molecule has 0 heterocycles. The molecule has 0 spiro atoms. The van der Waals surface area contributed by atoms with E-state index >= 15 is 0 Å². The number of ether oxygens (including phenoxy) is 1. The first-order chi connectivity index (χ1) is 13.0. The molecule has 27 heavy (non-hydrogen) atoms. The molecule has 0 aromatic heterocycles. The van der Waals surface area contributed by atoms with Gasteiger partial charge >= 0.3 is 5.97 Å². The van der Waals surface area contributed by atoms with Gasteiger partial charge in [-0.1, -0.05) is 36.8 Å². The molecule has 1 atom stereocenters. The van der Waals surface area contributed by atoms with E-state index in [1.165, 1.54) is 0 Å². The maximum atomic E-state index is 12.6. The maximum absolute atomic E-state index is 12.6. The van der Waals surface area contributed by atoms with Crippen LogP contribution in [0.4, 0.5) is 5.69 Å². The van der Waals surface area contributed by atoms with Crippen LogP contribution in [0.25, 0.3) is 0 Å². The van der Waals surface area contributed by atoms with Crippen molar-refractivity contribution in [3.8, 4) is 0 Å². The molecule has 0 aliphatic rings. The van der Waals surface area contributed by atoms with Crippen LogP contribution in [0.2, 0.25) is 0 Å². The van der Waals surface area contributed by atoms with Gasteiger partial charge in [-0.05, 0) is 44.5 Å². The zero-order valence-electron chi connectivity index (χ0n) is 15.7. The Balaban J connectivity index is 2.16. The molecule has 0 bridgehead atoms. The third-order valence-corrected chi connectivity index (χ3v) is 4.02. The van der Waals surface area contributed by atoms with E-state index in [9.17, 15) is 14.4 Å². The van der Waals surface area contributed by atoms with Gasteiger partial charge in [-0.3, -0.25) is 9.59 Å². The molecule has 0 fully saturated rings. The van der Waals surface area contributed by atoms with Crippen molar-refractivity contribution in [1.82, 2.24) is 5.32 Å². The van der Waals surface area contributed by atoms with Gasteiger partial charge in [-0.25, -0.2) is 4.79 Å². The normalized spacial score (nSPS) is 11.4. The summed E-state index contributed by atoms with van der Waals surface area (Å²) >= 11 is 0. The van der Waals surface area contributed by atoms with Crippen molar-refractivity contribution in [3.63, 3.8) is 0 Å². The summed E-state index contributed by atoms with van der Waals surface area (Å²) in [5.41, 5.74) is 2.20. The number of hydrogen-bond acceptors (Lipinski definition) is 4.